The second-order valence-electron chi connectivity index (χ2n) is 6.28. The Morgan fingerprint density at radius 1 is 1.20 bits per heavy atom. The lowest BCUT2D eigenvalue weighted by Crippen LogP contribution is -2.46. The number of aryl methyl sites for hydroxylation is 1. The molecule has 2 fully saturated rings. The minimum Gasteiger partial charge on any atom is -0.314 e. The van der Waals surface area contributed by atoms with Gasteiger partial charge in [-0.3, -0.25) is 4.90 Å². The molecule has 1 aromatic rings. The Kier molecular flexibility index (Phi) is 4.37. The van der Waals surface area contributed by atoms with Crippen molar-refractivity contribution in [2.75, 3.05) is 26.2 Å². The molecule has 0 aromatic heterocycles. The molecule has 1 atom stereocenters. The Bertz CT molecular complexity index is 448. The van der Waals surface area contributed by atoms with E-state index < -0.39 is 0 Å². The molecule has 0 radical (unpaired) electrons. The molecule has 3 heteroatoms. The van der Waals surface area contributed by atoms with Crippen molar-refractivity contribution in [3.05, 3.63) is 35.1 Å². The van der Waals surface area contributed by atoms with Gasteiger partial charge < -0.3 is 5.32 Å². The van der Waals surface area contributed by atoms with E-state index in [1.165, 1.54) is 31.2 Å². The van der Waals surface area contributed by atoms with Gasteiger partial charge in [0, 0.05) is 32.2 Å². The molecule has 0 spiro atoms. The van der Waals surface area contributed by atoms with E-state index in [1.807, 2.05) is 6.07 Å². The summed E-state index contributed by atoms with van der Waals surface area (Å²) in [6, 6.07) is 5.84. The van der Waals surface area contributed by atoms with Crippen LogP contribution in [-0.4, -0.2) is 31.1 Å². The van der Waals surface area contributed by atoms with Gasteiger partial charge >= 0.3 is 0 Å². The molecule has 110 valence electrons. The first-order valence-electron chi connectivity index (χ1n) is 7.96. The van der Waals surface area contributed by atoms with Gasteiger partial charge in [-0.05, 0) is 48.9 Å². The Morgan fingerprint density at radius 3 is 2.55 bits per heavy atom. The molecule has 1 N–H and O–H groups in total. The van der Waals surface area contributed by atoms with Crippen LogP contribution in [0.1, 0.15) is 42.9 Å². The number of halogens is 1. The fourth-order valence-corrected chi connectivity index (χ4v) is 3.95. The second-order valence-corrected chi connectivity index (χ2v) is 6.28. The molecular formula is C17H25FN2. The van der Waals surface area contributed by atoms with Crippen LogP contribution in [0.3, 0.4) is 0 Å². The van der Waals surface area contributed by atoms with Crippen LogP contribution in [0.15, 0.2) is 18.2 Å². The van der Waals surface area contributed by atoms with Gasteiger partial charge in [-0.1, -0.05) is 18.9 Å². The molecule has 2 aliphatic rings. The van der Waals surface area contributed by atoms with Crippen LogP contribution in [-0.2, 0) is 0 Å². The standard InChI is InChI=1S/C17H25FN2/c1-13-12-15(18)6-7-16(13)17(14-4-2-3-5-14)20-10-8-19-9-11-20/h6-7,12,14,17,19H,2-5,8-11H2,1H3/t17-/m1/s1. The van der Waals surface area contributed by atoms with Gasteiger partial charge in [0.05, 0.1) is 0 Å². The van der Waals surface area contributed by atoms with Crippen LogP contribution >= 0.6 is 0 Å². The molecule has 0 bridgehead atoms. The molecule has 2 nitrogen and oxygen atoms in total. The summed E-state index contributed by atoms with van der Waals surface area (Å²) in [5.41, 5.74) is 2.46. The van der Waals surface area contributed by atoms with E-state index >= 15 is 0 Å². The lowest BCUT2D eigenvalue weighted by molar-refractivity contribution is 0.125. The van der Waals surface area contributed by atoms with Crippen LogP contribution in [0.2, 0.25) is 0 Å². The van der Waals surface area contributed by atoms with Crippen molar-refractivity contribution >= 4 is 0 Å². The Balaban J connectivity index is 1.90. The molecule has 1 aromatic carbocycles. The summed E-state index contributed by atoms with van der Waals surface area (Å²) >= 11 is 0. The lowest BCUT2D eigenvalue weighted by Gasteiger charge is -2.39. The highest BCUT2D eigenvalue weighted by atomic mass is 19.1. The van der Waals surface area contributed by atoms with Gasteiger partial charge in [-0.15, -0.1) is 0 Å². The molecule has 3 rings (SSSR count). The predicted molar refractivity (Wildman–Crippen MR) is 80.3 cm³/mol. The topological polar surface area (TPSA) is 15.3 Å². The maximum Gasteiger partial charge on any atom is 0.123 e. The summed E-state index contributed by atoms with van der Waals surface area (Å²) < 4.78 is 13.4. The van der Waals surface area contributed by atoms with E-state index in [2.05, 4.69) is 17.1 Å². The summed E-state index contributed by atoms with van der Waals surface area (Å²) in [4.78, 5) is 2.62. The van der Waals surface area contributed by atoms with Crippen LogP contribution in [0, 0.1) is 18.7 Å². The average Bonchev–Trinajstić information content (AvgIpc) is 2.97. The van der Waals surface area contributed by atoms with E-state index in [0.717, 1.165) is 37.7 Å². The smallest absolute Gasteiger partial charge is 0.123 e. The number of benzene rings is 1. The molecule has 20 heavy (non-hydrogen) atoms. The SMILES string of the molecule is Cc1cc(F)ccc1[C@@H](C1CCCC1)N1CCNCC1. The predicted octanol–water partition coefficient (Wildman–Crippen LogP) is 3.27. The van der Waals surface area contributed by atoms with Crippen molar-refractivity contribution in [3.63, 3.8) is 0 Å². The third-order valence-corrected chi connectivity index (χ3v) is 4.94. The zero-order valence-corrected chi connectivity index (χ0v) is 12.4. The van der Waals surface area contributed by atoms with E-state index in [4.69, 9.17) is 0 Å². The normalized spacial score (nSPS) is 23.1. The number of nitrogens with zero attached hydrogens (tertiary/aromatic N) is 1. The van der Waals surface area contributed by atoms with Gasteiger partial charge in [-0.25, -0.2) is 4.39 Å². The van der Waals surface area contributed by atoms with Gasteiger partial charge in [0.25, 0.3) is 0 Å². The third-order valence-electron chi connectivity index (χ3n) is 4.94. The quantitative estimate of drug-likeness (QED) is 0.911. The summed E-state index contributed by atoms with van der Waals surface area (Å²) in [5, 5.41) is 3.43. The van der Waals surface area contributed by atoms with Gasteiger partial charge in [0.2, 0.25) is 0 Å². The van der Waals surface area contributed by atoms with E-state index in [-0.39, 0.29) is 5.82 Å². The number of rotatable bonds is 3. The van der Waals surface area contributed by atoms with E-state index in [9.17, 15) is 4.39 Å². The Labute approximate surface area is 121 Å². The van der Waals surface area contributed by atoms with Crippen molar-refractivity contribution in [2.45, 2.75) is 38.6 Å². The number of hydrogen-bond acceptors (Lipinski definition) is 2. The largest absolute Gasteiger partial charge is 0.314 e. The third kappa shape index (κ3) is 2.89. The number of piperazine rings is 1. The Morgan fingerprint density at radius 2 is 1.90 bits per heavy atom. The molecular weight excluding hydrogens is 251 g/mol. The van der Waals surface area contributed by atoms with E-state index in [0.29, 0.717) is 6.04 Å². The highest BCUT2D eigenvalue weighted by Crippen LogP contribution is 2.40. The minimum atomic E-state index is -0.114. The van der Waals surface area contributed by atoms with Gasteiger partial charge in [-0.2, -0.15) is 0 Å². The van der Waals surface area contributed by atoms with E-state index in [1.54, 1.807) is 12.1 Å². The summed E-state index contributed by atoms with van der Waals surface area (Å²) in [7, 11) is 0. The fraction of sp³-hybridized carbons (Fsp3) is 0.647. The first-order valence-corrected chi connectivity index (χ1v) is 7.96. The highest BCUT2D eigenvalue weighted by molar-refractivity contribution is 5.30. The van der Waals surface area contributed by atoms with Crippen molar-refractivity contribution in [1.29, 1.82) is 0 Å². The maximum atomic E-state index is 13.4. The maximum absolute atomic E-state index is 13.4. The molecule has 1 saturated heterocycles. The summed E-state index contributed by atoms with van der Waals surface area (Å²) in [5.74, 6) is 0.633. The first-order chi connectivity index (χ1) is 9.75. The van der Waals surface area contributed by atoms with Crippen molar-refractivity contribution in [2.24, 2.45) is 5.92 Å². The van der Waals surface area contributed by atoms with Crippen molar-refractivity contribution in [3.8, 4) is 0 Å². The molecule has 1 aliphatic carbocycles. The molecule has 1 aliphatic heterocycles. The fourth-order valence-electron chi connectivity index (χ4n) is 3.95. The monoisotopic (exact) mass is 276 g/mol. The molecule has 1 saturated carbocycles. The van der Waals surface area contributed by atoms with Crippen LogP contribution < -0.4 is 5.32 Å². The molecule has 0 unspecified atom stereocenters. The molecule has 1 heterocycles. The highest BCUT2D eigenvalue weighted by Gasteiger charge is 2.32. The van der Waals surface area contributed by atoms with Gasteiger partial charge in [0.15, 0.2) is 0 Å². The zero-order chi connectivity index (χ0) is 13.9. The van der Waals surface area contributed by atoms with Gasteiger partial charge in [0.1, 0.15) is 5.82 Å². The zero-order valence-electron chi connectivity index (χ0n) is 12.4. The minimum absolute atomic E-state index is 0.114. The van der Waals surface area contributed by atoms with Crippen LogP contribution in [0.4, 0.5) is 4.39 Å². The van der Waals surface area contributed by atoms with Crippen LogP contribution in [0.25, 0.3) is 0 Å². The lowest BCUT2D eigenvalue weighted by atomic mass is 9.87. The van der Waals surface area contributed by atoms with Crippen molar-refractivity contribution in [1.82, 2.24) is 10.2 Å². The van der Waals surface area contributed by atoms with Crippen molar-refractivity contribution < 1.29 is 4.39 Å². The first kappa shape index (κ1) is 14.0. The summed E-state index contributed by atoms with van der Waals surface area (Å²) in [6.45, 7) is 6.42. The van der Waals surface area contributed by atoms with Crippen LogP contribution in [0.5, 0.6) is 0 Å². The average molecular weight is 276 g/mol. The number of nitrogens with one attached hydrogen (secondary N) is 1. The second kappa shape index (κ2) is 6.23. The Hall–Kier alpha value is -0.930. The molecule has 0 amide bonds. The number of hydrogen-bond donors (Lipinski definition) is 1. The summed E-state index contributed by atoms with van der Waals surface area (Å²) in [6.07, 6.45) is 5.36.